The van der Waals surface area contributed by atoms with Gasteiger partial charge in [0.2, 0.25) is 0 Å². The van der Waals surface area contributed by atoms with E-state index < -0.39 is 0 Å². The summed E-state index contributed by atoms with van der Waals surface area (Å²) in [6.07, 6.45) is 6.79. The molecule has 2 heterocycles. The molecule has 2 unspecified atom stereocenters. The lowest BCUT2D eigenvalue weighted by atomic mass is 10.1. The number of hydrogen-bond acceptors (Lipinski definition) is 3. The molecule has 3 nitrogen and oxygen atoms in total. The molecule has 17 heavy (non-hydrogen) atoms. The molecule has 0 aromatic heterocycles. The van der Waals surface area contributed by atoms with Gasteiger partial charge in [0.1, 0.15) is 0 Å². The summed E-state index contributed by atoms with van der Waals surface area (Å²) >= 11 is 0. The summed E-state index contributed by atoms with van der Waals surface area (Å²) in [6.45, 7) is 8.66. The minimum absolute atomic E-state index is 0.762. The molecule has 0 bridgehead atoms. The van der Waals surface area contributed by atoms with Gasteiger partial charge in [-0.15, -0.1) is 0 Å². The summed E-state index contributed by atoms with van der Waals surface area (Å²) in [5.41, 5.74) is 0. The Labute approximate surface area is 107 Å². The Balaban J connectivity index is 1.83. The van der Waals surface area contributed by atoms with Gasteiger partial charge in [-0.3, -0.25) is 4.90 Å². The highest BCUT2D eigenvalue weighted by Gasteiger charge is 2.27. The van der Waals surface area contributed by atoms with Crippen molar-refractivity contribution in [3.63, 3.8) is 0 Å². The third kappa shape index (κ3) is 3.94. The number of likely N-dealkylation sites (tertiary alicyclic amines) is 1. The van der Waals surface area contributed by atoms with E-state index in [0.29, 0.717) is 0 Å². The Hall–Kier alpha value is -0.120. The van der Waals surface area contributed by atoms with E-state index in [4.69, 9.17) is 0 Å². The molecule has 1 N–H and O–H groups in total. The molecule has 2 atom stereocenters. The van der Waals surface area contributed by atoms with Crippen LogP contribution in [0.4, 0.5) is 0 Å². The van der Waals surface area contributed by atoms with E-state index >= 15 is 0 Å². The van der Waals surface area contributed by atoms with Crippen LogP contribution in [0.25, 0.3) is 0 Å². The highest BCUT2D eigenvalue weighted by molar-refractivity contribution is 4.86. The predicted octanol–water partition coefficient (Wildman–Crippen LogP) is 1.54. The fraction of sp³-hybridized carbons (Fsp3) is 1.00. The first-order chi connectivity index (χ1) is 8.29. The molecule has 3 heteroatoms. The number of hydrogen-bond donors (Lipinski definition) is 1. The van der Waals surface area contributed by atoms with Gasteiger partial charge in [0.15, 0.2) is 0 Å². The summed E-state index contributed by atoms with van der Waals surface area (Å²) < 4.78 is 0. The van der Waals surface area contributed by atoms with E-state index in [9.17, 15) is 0 Å². The quantitative estimate of drug-likeness (QED) is 0.758. The largest absolute Gasteiger partial charge is 0.313 e. The summed E-state index contributed by atoms with van der Waals surface area (Å²) in [6, 6.07) is 1.58. The van der Waals surface area contributed by atoms with Crippen molar-refractivity contribution < 1.29 is 0 Å². The van der Waals surface area contributed by atoms with Gasteiger partial charge >= 0.3 is 0 Å². The smallest absolute Gasteiger partial charge is 0.0235 e. The van der Waals surface area contributed by atoms with Crippen LogP contribution in [0.5, 0.6) is 0 Å². The first-order valence-electron chi connectivity index (χ1n) is 7.45. The maximum Gasteiger partial charge on any atom is 0.0235 e. The summed E-state index contributed by atoms with van der Waals surface area (Å²) in [5.74, 6) is 0. The number of nitrogens with one attached hydrogen (secondary N) is 1. The lowest BCUT2D eigenvalue weighted by Crippen LogP contribution is -2.44. The minimum atomic E-state index is 0.762. The summed E-state index contributed by atoms with van der Waals surface area (Å²) in [7, 11) is 2.26. The van der Waals surface area contributed by atoms with Gasteiger partial charge < -0.3 is 10.2 Å². The molecule has 0 aliphatic carbocycles. The van der Waals surface area contributed by atoms with E-state index in [-0.39, 0.29) is 0 Å². The van der Waals surface area contributed by atoms with Gasteiger partial charge in [0.25, 0.3) is 0 Å². The highest BCUT2D eigenvalue weighted by Crippen LogP contribution is 2.17. The van der Waals surface area contributed by atoms with Crippen molar-refractivity contribution >= 4 is 0 Å². The van der Waals surface area contributed by atoms with E-state index in [1.807, 2.05) is 0 Å². The van der Waals surface area contributed by atoms with Crippen LogP contribution in [0.15, 0.2) is 0 Å². The van der Waals surface area contributed by atoms with E-state index in [1.54, 1.807) is 0 Å². The Kier molecular flexibility index (Phi) is 5.26. The van der Waals surface area contributed by atoms with Gasteiger partial charge in [-0.1, -0.05) is 13.3 Å². The average molecular weight is 239 g/mol. The van der Waals surface area contributed by atoms with Crippen LogP contribution < -0.4 is 5.32 Å². The zero-order chi connectivity index (χ0) is 12.1. The molecule has 0 spiro atoms. The second kappa shape index (κ2) is 6.72. The van der Waals surface area contributed by atoms with E-state index in [1.165, 1.54) is 64.8 Å². The average Bonchev–Trinajstić information content (AvgIpc) is 2.95. The molecule has 2 rings (SSSR count). The fourth-order valence-electron chi connectivity index (χ4n) is 3.19. The van der Waals surface area contributed by atoms with Gasteiger partial charge in [-0.2, -0.15) is 0 Å². The van der Waals surface area contributed by atoms with E-state index in [2.05, 4.69) is 29.1 Å². The molecule has 2 saturated heterocycles. The number of unbranched alkanes of at least 4 members (excludes halogenated alkanes) is 1. The fourth-order valence-corrected chi connectivity index (χ4v) is 3.19. The molecule has 2 aliphatic heterocycles. The van der Waals surface area contributed by atoms with Gasteiger partial charge in [-0.25, -0.2) is 0 Å². The van der Waals surface area contributed by atoms with Crippen molar-refractivity contribution in [2.45, 2.75) is 51.1 Å². The highest BCUT2D eigenvalue weighted by atomic mass is 15.3. The van der Waals surface area contributed by atoms with Crippen molar-refractivity contribution in [2.24, 2.45) is 0 Å². The molecular formula is C14H29N3. The maximum absolute atomic E-state index is 3.64. The lowest BCUT2D eigenvalue weighted by molar-refractivity contribution is 0.179. The van der Waals surface area contributed by atoms with Gasteiger partial charge in [-0.05, 0) is 52.4 Å². The Morgan fingerprint density at radius 3 is 2.82 bits per heavy atom. The first-order valence-corrected chi connectivity index (χ1v) is 7.45. The third-order valence-electron chi connectivity index (χ3n) is 4.30. The number of likely N-dealkylation sites (N-methyl/N-ethyl adjacent to an activating group) is 1. The van der Waals surface area contributed by atoms with Crippen LogP contribution in [0.2, 0.25) is 0 Å². The Bertz CT molecular complexity index is 214. The van der Waals surface area contributed by atoms with Crippen LogP contribution in [-0.4, -0.2) is 61.7 Å². The monoisotopic (exact) mass is 239 g/mol. The van der Waals surface area contributed by atoms with Crippen LogP contribution in [0, 0.1) is 0 Å². The predicted molar refractivity (Wildman–Crippen MR) is 73.4 cm³/mol. The molecule has 0 aromatic rings. The zero-order valence-electron chi connectivity index (χ0n) is 11.6. The van der Waals surface area contributed by atoms with Crippen molar-refractivity contribution in [1.29, 1.82) is 0 Å². The second-order valence-corrected chi connectivity index (χ2v) is 5.85. The number of nitrogens with zero attached hydrogens (tertiary/aromatic N) is 2. The molecule has 100 valence electrons. The van der Waals surface area contributed by atoms with Crippen molar-refractivity contribution in [3.05, 3.63) is 0 Å². The van der Waals surface area contributed by atoms with Crippen LogP contribution in [0.3, 0.4) is 0 Å². The van der Waals surface area contributed by atoms with Crippen LogP contribution in [-0.2, 0) is 0 Å². The SMILES string of the molecule is CCCCN(CC1CCCN1)C1CCN(C)C1. The molecular weight excluding hydrogens is 210 g/mol. The standard InChI is InChI=1S/C14H29N3/c1-3-4-9-17(11-13-6-5-8-15-13)14-7-10-16(2)12-14/h13-15H,3-12H2,1-2H3. The lowest BCUT2D eigenvalue weighted by Gasteiger charge is -2.31. The third-order valence-corrected chi connectivity index (χ3v) is 4.30. The van der Waals surface area contributed by atoms with Crippen LogP contribution in [0.1, 0.15) is 39.0 Å². The summed E-state index contributed by atoms with van der Waals surface area (Å²) in [4.78, 5) is 5.24. The van der Waals surface area contributed by atoms with Gasteiger partial charge in [0.05, 0.1) is 0 Å². The molecule has 2 aliphatic rings. The zero-order valence-corrected chi connectivity index (χ0v) is 11.6. The van der Waals surface area contributed by atoms with Crippen LogP contribution >= 0.6 is 0 Å². The van der Waals surface area contributed by atoms with Crippen molar-refractivity contribution in [3.8, 4) is 0 Å². The summed E-state index contributed by atoms with van der Waals surface area (Å²) in [5, 5.41) is 3.64. The van der Waals surface area contributed by atoms with Gasteiger partial charge in [0, 0.05) is 25.2 Å². The Morgan fingerprint density at radius 2 is 2.24 bits per heavy atom. The molecule has 2 fully saturated rings. The maximum atomic E-state index is 3.64. The molecule has 0 amide bonds. The molecule has 0 aromatic carbocycles. The molecule has 0 saturated carbocycles. The Morgan fingerprint density at radius 1 is 1.35 bits per heavy atom. The normalized spacial score (nSPS) is 30.5. The van der Waals surface area contributed by atoms with Crippen molar-refractivity contribution in [2.75, 3.05) is 39.8 Å². The second-order valence-electron chi connectivity index (χ2n) is 5.85. The topological polar surface area (TPSA) is 18.5 Å². The first kappa shape index (κ1) is 13.3. The minimum Gasteiger partial charge on any atom is -0.313 e. The van der Waals surface area contributed by atoms with Crippen molar-refractivity contribution in [1.82, 2.24) is 15.1 Å². The van der Waals surface area contributed by atoms with E-state index in [0.717, 1.165) is 12.1 Å². The molecule has 0 radical (unpaired) electrons. The number of rotatable bonds is 6.